The molecule has 3 rings (SSSR count). The zero-order valence-corrected chi connectivity index (χ0v) is 13.5. The normalized spacial score (nSPS) is 23.7. The van der Waals surface area contributed by atoms with Crippen LogP contribution in [-0.2, 0) is 4.74 Å². The van der Waals surface area contributed by atoms with Gasteiger partial charge in [-0.3, -0.25) is 4.79 Å². The van der Waals surface area contributed by atoms with Gasteiger partial charge in [0.2, 0.25) is 0 Å². The van der Waals surface area contributed by atoms with Gasteiger partial charge in [-0.1, -0.05) is 0 Å². The zero-order chi connectivity index (χ0) is 16.8. The Labute approximate surface area is 134 Å². The lowest BCUT2D eigenvalue weighted by molar-refractivity contribution is 0.0171. The molecular formula is C17H20FNO4. The second-order valence-electron chi connectivity index (χ2n) is 7.18. The Morgan fingerprint density at radius 2 is 2.13 bits per heavy atom. The van der Waals surface area contributed by atoms with Crippen molar-refractivity contribution in [1.29, 1.82) is 0 Å². The second-order valence-corrected chi connectivity index (χ2v) is 7.18. The molecule has 1 aromatic rings. The van der Waals surface area contributed by atoms with E-state index in [0.717, 1.165) is 0 Å². The van der Waals surface area contributed by atoms with E-state index in [4.69, 9.17) is 9.47 Å². The van der Waals surface area contributed by atoms with E-state index in [9.17, 15) is 14.0 Å². The minimum Gasteiger partial charge on any atom is -0.484 e. The number of hydrogen-bond donors (Lipinski definition) is 0. The molecule has 0 radical (unpaired) electrons. The lowest BCUT2D eigenvalue weighted by atomic mass is 9.89. The first-order valence-electron chi connectivity index (χ1n) is 7.67. The van der Waals surface area contributed by atoms with Crippen LogP contribution in [-0.4, -0.2) is 41.1 Å². The summed E-state index contributed by atoms with van der Waals surface area (Å²) in [6.07, 6.45) is 0.286. The van der Waals surface area contributed by atoms with Crippen molar-refractivity contribution in [2.24, 2.45) is 0 Å². The van der Waals surface area contributed by atoms with Crippen LogP contribution in [0.5, 0.6) is 5.75 Å². The molecule has 23 heavy (non-hydrogen) atoms. The van der Waals surface area contributed by atoms with E-state index in [2.05, 4.69) is 0 Å². The van der Waals surface area contributed by atoms with Crippen molar-refractivity contribution in [1.82, 2.24) is 4.90 Å². The van der Waals surface area contributed by atoms with Crippen molar-refractivity contribution in [3.63, 3.8) is 0 Å². The third-order valence-corrected chi connectivity index (χ3v) is 4.02. The lowest BCUT2D eigenvalue weighted by Gasteiger charge is -2.34. The monoisotopic (exact) mass is 321 g/mol. The summed E-state index contributed by atoms with van der Waals surface area (Å²) in [6.45, 7) is 6.12. The van der Waals surface area contributed by atoms with Gasteiger partial charge in [-0.2, -0.15) is 0 Å². The van der Waals surface area contributed by atoms with Crippen LogP contribution < -0.4 is 4.74 Å². The maximum atomic E-state index is 13.4. The highest BCUT2D eigenvalue weighted by Gasteiger charge is 2.47. The number of likely N-dealkylation sites (tertiary alicyclic amines) is 1. The summed E-state index contributed by atoms with van der Waals surface area (Å²) in [5, 5.41) is 0. The number of ketones is 1. The van der Waals surface area contributed by atoms with Crippen molar-refractivity contribution in [2.45, 2.75) is 44.8 Å². The average Bonchev–Trinajstić information content (AvgIpc) is 2.79. The van der Waals surface area contributed by atoms with Crippen LogP contribution in [0, 0.1) is 5.82 Å². The van der Waals surface area contributed by atoms with Crippen LogP contribution in [0.2, 0.25) is 0 Å². The summed E-state index contributed by atoms with van der Waals surface area (Å²) in [4.78, 5) is 26.0. The van der Waals surface area contributed by atoms with Gasteiger partial charge in [0.05, 0.1) is 18.5 Å². The molecule has 1 atom stereocenters. The van der Waals surface area contributed by atoms with Crippen molar-refractivity contribution < 1.29 is 23.5 Å². The molecule has 6 heteroatoms. The Morgan fingerprint density at radius 1 is 1.39 bits per heavy atom. The van der Waals surface area contributed by atoms with E-state index < -0.39 is 23.1 Å². The minimum absolute atomic E-state index is 0.0858. The van der Waals surface area contributed by atoms with Gasteiger partial charge in [0.1, 0.15) is 22.8 Å². The summed E-state index contributed by atoms with van der Waals surface area (Å²) in [5.41, 5.74) is -0.964. The molecule has 0 aliphatic carbocycles. The average molecular weight is 321 g/mol. The number of amides is 1. The molecule has 2 aliphatic heterocycles. The number of ether oxygens (including phenoxy) is 2. The van der Waals surface area contributed by atoms with Crippen molar-refractivity contribution in [3.05, 3.63) is 29.6 Å². The number of carbonyl (C=O) groups is 2. The molecule has 1 amide bonds. The summed E-state index contributed by atoms with van der Waals surface area (Å²) in [6, 6.07) is 3.92. The molecule has 0 saturated carbocycles. The fraction of sp³-hybridized carbons (Fsp3) is 0.529. The minimum atomic E-state index is -0.783. The number of carbonyl (C=O) groups excluding carboxylic acids is 2. The number of hydrogen-bond acceptors (Lipinski definition) is 4. The van der Waals surface area contributed by atoms with Gasteiger partial charge in [-0.15, -0.1) is 0 Å². The Morgan fingerprint density at radius 3 is 2.83 bits per heavy atom. The van der Waals surface area contributed by atoms with Crippen molar-refractivity contribution in [2.75, 3.05) is 13.1 Å². The van der Waals surface area contributed by atoms with Gasteiger partial charge >= 0.3 is 6.09 Å². The molecule has 0 unspecified atom stereocenters. The van der Waals surface area contributed by atoms with Crippen LogP contribution in [0.1, 0.15) is 44.0 Å². The molecule has 0 N–H and O–H groups in total. The maximum Gasteiger partial charge on any atom is 0.410 e. The van der Waals surface area contributed by atoms with E-state index in [-0.39, 0.29) is 24.5 Å². The topological polar surface area (TPSA) is 55.8 Å². The van der Waals surface area contributed by atoms with Gasteiger partial charge in [-0.05, 0) is 32.9 Å². The van der Waals surface area contributed by atoms with E-state index >= 15 is 0 Å². The van der Waals surface area contributed by atoms with Crippen LogP contribution in [0.25, 0.3) is 0 Å². The van der Waals surface area contributed by atoms with Crippen LogP contribution in [0.4, 0.5) is 9.18 Å². The predicted molar refractivity (Wildman–Crippen MR) is 81.1 cm³/mol. The third-order valence-electron chi connectivity index (χ3n) is 4.02. The van der Waals surface area contributed by atoms with Crippen LogP contribution in [0.15, 0.2) is 18.2 Å². The second kappa shape index (κ2) is 5.22. The number of benzene rings is 1. The van der Waals surface area contributed by atoms with Crippen LogP contribution in [0.3, 0.4) is 0 Å². The lowest BCUT2D eigenvalue weighted by Crippen LogP contribution is -2.46. The van der Waals surface area contributed by atoms with E-state index in [1.165, 1.54) is 18.2 Å². The molecule has 5 nitrogen and oxygen atoms in total. The first kappa shape index (κ1) is 15.8. The van der Waals surface area contributed by atoms with E-state index in [1.807, 2.05) is 0 Å². The SMILES string of the molecule is CC(C)(C)OC(=O)N1CC[C@@]2(CC(=O)c3ccc(F)cc3O2)C1. The van der Waals surface area contributed by atoms with Gasteiger partial charge in [0.25, 0.3) is 0 Å². The highest BCUT2D eigenvalue weighted by molar-refractivity contribution is 6.00. The Bertz CT molecular complexity index is 667. The quantitative estimate of drug-likeness (QED) is 0.736. The highest BCUT2D eigenvalue weighted by Crippen LogP contribution is 2.39. The summed E-state index contributed by atoms with van der Waals surface area (Å²) < 4.78 is 24.7. The first-order valence-corrected chi connectivity index (χ1v) is 7.67. The van der Waals surface area contributed by atoms with E-state index in [0.29, 0.717) is 18.5 Å². The standard InChI is InChI=1S/C17H20FNO4/c1-16(2,3)23-15(21)19-7-6-17(10-19)9-13(20)12-5-4-11(18)8-14(12)22-17/h4-5,8H,6-7,9-10H2,1-3H3/t17-/m1/s1. The molecule has 2 aliphatic rings. The number of Topliss-reactive ketones (excluding diaryl/α,β-unsaturated/α-hetero) is 1. The van der Waals surface area contributed by atoms with Gasteiger partial charge in [0.15, 0.2) is 5.78 Å². The third kappa shape index (κ3) is 3.16. The number of halogens is 1. The smallest absolute Gasteiger partial charge is 0.410 e. The molecule has 2 heterocycles. The number of nitrogens with zero attached hydrogens (tertiary/aromatic N) is 1. The fourth-order valence-electron chi connectivity index (χ4n) is 3.02. The van der Waals surface area contributed by atoms with Crippen molar-refractivity contribution in [3.8, 4) is 5.75 Å². The molecule has 0 aromatic heterocycles. The highest BCUT2D eigenvalue weighted by atomic mass is 19.1. The Hall–Kier alpha value is -2.11. The molecule has 1 spiro atoms. The first-order chi connectivity index (χ1) is 10.7. The molecule has 1 saturated heterocycles. The molecule has 1 fully saturated rings. The number of fused-ring (bicyclic) bond motifs is 1. The Balaban J connectivity index is 1.78. The molecule has 0 bridgehead atoms. The maximum absolute atomic E-state index is 13.4. The van der Waals surface area contributed by atoms with Crippen molar-refractivity contribution >= 4 is 11.9 Å². The largest absolute Gasteiger partial charge is 0.484 e. The zero-order valence-electron chi connectivity index (χ0n) is 13.5. The molecular weight excluding hydrogens is 301 g/mol. The summed E-state index contributed by atoms with van der Waals surface area (Å²) in [5.74, 6) is -0.278. The predicted octanol–water partition coefficient (Wildman–Crippen LogP) is 3.17. The van der Waals surface area contributed by atoms with Gasteiger partial charge in [0, 0.05) is 19.0 Å². The molecule has 1 aromatic carbocycles. The van der Waals surface area contributed by atoms with Gasteiger partial charge < -0.3 is 14.4 Å². The van der Waals surface area contributed by atoms with E-state index in [1.54, 1.807) is 25.7 Å². The summed E-state index contributed by atoms with van der Waals surface area (Å²) in [7, 11) is 0. The fourth-order valence-corrected chi connectivity index (χ4v) is 3.02. The summed E-state index contributed by atoms with van der Waals surface area (Å²) >= 11 is 0. The molecule has 124 valence electrons. The van der Waals surface area contributed by atoms with Crippen LogP contribution >= 0.6 is 0 Å². The van der Waals surface area contributed by atoms with Gasteiger partial charge in [-0.25, -0.2) is 9.18 Å². The Kier molecular flexibility index (Phi) is 3.58. The number of rotatable bonds is 0.